The van der Waals surface area contributed by atoms with E-state index in [0.717, 1.165) is 29.0 Å². The predicted molar refractivity (Wildman–Crippen MR) is 94.8 cm³/mol. The molecule has 2 rings (SSSR count). The molecule has 0 amide bonds. The molecule has 0 heterocycles. The van der Waals surface area contributed by atoms with Gasteiger partial charge in [-0.2, -0.15) is 0 Å². The maximum Gasteiger partial charge on any atom is 0.101 e. The summed E-state index contributed by atoms with van der Waals surface area (Å²) in [5.41, 5.74) is 6.94. The summed E-state index contributed by atoms with van der Waals surface area (Å²) in [5, 5.41) is 0. The quantitative estimate of drug-likeness (QED) is 0.507. The molecular formula is C21H27F. The lowest BCUT2D eigenvalue weighted by Gasteiger charge is -2.14. The molecule has 1 aromatic carbocycles. The van der Waals surface area contributed by atoms with Crippen molar-refractivity contribution < 1.29 is 4.39 Å². The molecule has 1 saturated carbocycles. The van der Waals surface area contributed by atoms with Crippen molar-refractivity contribution in [3.63, 3.8) is 0 Å². The van der Waals surface area contributed by atoms with Crippen molar-refractivity contribution >= 4 is 5.57 Å². The highest BCUT2D eigenvalue weighted by atomic mass is 19.1. The maximum atomic E-state index is 14.1. The summed E-state index contributed by atoms with van der Waals surface area (Å²) in [7, 11) is 0. The average molecular weight is 298 g/mol. The molecule has 0 radical (unpaired) electrons. The molecule has 0 aromatic heterocycles. The van der Waals surface area contributed by atoms with Crippen molar-refractivity contribution in [3.8, 4) is 0 Å². The van der Waals surface area contributed by atoms with Gasteiger partial charge in [0.05, 0.1) is 0 Å². The van der Waals surface area contributed by atoms with Gasteiger partial charge in [-0.15, -0.1) is 0 Å². The van der Waals surface area contributed by atoms with Gasteiger partial charge in [0.1, 0.15) is 5.83 Å². The Bertz CT molecular complexity index is 604. The van der Waals surface area contributed by atoms with Crippen molar-refractivity contribution in [1.82, 2.24) is 0 Å². The Labute approximate surface area is 134 Å². The van der Waals surface area contributed by atoms with E-state index >= 15 is 0 Å². The van der Waals surface area contributed by atoms with E-state index in [0.29, 0.717) is 6.42 Å². The summed E-state index contributed by atoms with van der Waals surface area (Å²) in [6, 6.07) is 4.55. The number of aryl methyl sites for hydroxylation is 2. The van der Waals surface area contributed by atoms with Gasteiger partial charge in [-0.1, -0.05) is 37.3 Å². The summed E-state index contributed by atoms with van der Waals surface area (Å²) >= 11 is 0. The van der Waals surface area contributed by atoms with Crippen LogP contribution in [0.2, 0.25) is 0 Å². The number of hydrogen-bond acceptors (Lipinski definition) is 0. The molecule has 0 nitrogen and oxygen atoms in total. The van der Waals surface area contributed by atoms with Crippen LogP contribution in [0.5, 0.6) is 0 Å². The zero-order valence-corrected chi connectivity index (χ0v) is 14.3. The van der Waals surface area contributed by atoms with Crippen LogP contribution < -0.4 is 0 Å². The van der Waals surface area contributed by atoms with Crippen LogP contribution in [0, 0.1) is 13.8 Å². The maximum absolute atomic E-state index is 14.1. The first-order chi connectivity index (χ1) is 10.4. The van der Waals surface area contributed by atoms with Gasteiger partial charge in [-0.25, -0.2) is 4.39 Å². The third-order valence-electron chi connectivity index (χ3n) is 4.10. The summed E-state index contributed by atoms with van der Waals surface area (Å²) in [4.78, 5) is 0. The smallest absolute Gasteiger partial charge is 0.101 e. The largest absolute Gasteiger partial charge is 0.212 e. The van der Waals surface area contributed by atoms with Crippen molar-refractivity contribution in [2.24, 2.45) is 0 Å². The van der Waals surface area contributed by atoms with Gasteiger partial charge in [0.2, 0.25) is 0 Å². The van der Waals surface area contributed by atoms with Crippen molar-refractivity contribution in [2.75, 3.05) is 0 Å². The molecule has 0 N–H and O–H groups in total. The molecule has 0 bridgehead atoms. The summed E-state index contributed by atoms with van der Waals surface area (Å²) in [6.07, 6.45) is 7.59. The molecule has 0 unspecified atom stereocenters. The fourth-order valence-corrected chi connectivity index (χ4v) is 3.04. The van der Waals surface area contributed by atoms with Crippen LogP contribution in [-0.4, -0.2) is 0 Å². The third kappa shape index (κ3) is 4.19. The lowest BCUT2D eigenvalue weighted by atomic mass is 9.90. The molecular weight excluding hydrogens is 271 g/mol. The SMILES string of the molecule is C=C(C)/C=C(\C=C(/F)CCC)c1c(C)cc(C2CC2)cc1C. The fraction of sp³-hybridized carbons (Fsp3) is 0.429. The highest BCUT2D eigenvalue weighted by molar-refractivity contribution is 5.80. The van der Waals surface area contributed by atoms with Gasteiger partial charge in [0, 0.05) is 0 Å². The Morgan fingerprint density at radius 1 is 1.23 bits per heavy atom. The summed E-state index contributed by atoms with van der Waals surface area (Å²) in [6.45, 7) is 12.2. The Hall–Kier alpha value is -1.63. The average Bonchev–Trinajstić information content (AvgIpc) is 3.21. The molecule has 1 fully saturated rings. The van der Waals surface area contributed by atoms with Crippen LogP contribution in [0.25, 0.3) is 5.57 Å². The van der Waals surface area contributed by atoms with Crippen LogP contribution in [0.3, 0.4) is 0 Å². The van der Waals surface area contributed by atoms with Gasteiger partial charge in [0.15, 0.2) is 0 Å². The van der Waals surface area contributed by atoms with Crippen LogP contribution in [0.1, 0.15) is 67.7 Å². The molecule has 118 valence electrons. The first-order valence-electron chi connectivity index (χ1n) is 8.27. The van der Waals surface area contributed by atoms with Gasteiger partial charge in [0.25, 0.3) is 0 Å². The monoisotopic (exact) mass is 298 g/mol. The van der Waals surface area contributed by atoms with Gasteiger partial charge in [-0.05, 0) is 86.3 Å². The van der Waals surface area contributed by atoms with Crippen molar-refractivity contribution in [1.29, 1.82) is 0 Å². The normalized spacial score (nSPS) is 16.0. The minimum absolute atomic E-state index is 0.0555. The van der Waals surface area contributed by atoms with E-state index in [4.69, 9.17) is 0 Å². The standard InChI is InChI=1S/C21H27F/c1-6-7-20(22)13-19(10-14(2)3)21-15(4)11-18(12-16(21)5)17-8-9-17/h10-13,17H,2,6-9H2,1,3-5H3/b19-10+,20-13-. The first-order valence-corrected chi connectivity index (χ1v) is 8.27. The Morgan fingerprint density at radius 2 is 1.82 bits per heavy atom. The van der Waals surface area contributed by atoms with Crippen molar-refractivity contribution in [3.05, 3.63) is 64.5 Å². The van der Waals surface area contributed by atoms with E-state index in [1.165, 1.54) is 29.5 Å². The Morgan fingerprint density at radius 3 is 2.27 bits per heavy atom. The topological polar surface area (TPSA) is 0 Å². The van der Waals surface area contributed by atoms with Gasteiger partial charge < -0.3 is 0 Å². The Balaban J connectivity index is 2.47. The van der Waals surface area contributed by atoms with Crippen molar-refractivity contribution in [2.45, 2.75) is 59.3 Å². The second-order valence-electron chi connectivity index (χ2n) is 6.59. The second kappa shape index (κ2) is 7.09. The summed E-state index contributed by atoms with van der Waals surface area (Å²) in [5.74, 6) is 0.687. The van der Waals surface area contributed by atoms with Gasteiger partial charge >= 0.3 is 0 Å². The molecule has 1 aliphatic rings. The molecule has 1 aliphatic carbocycles. The van der Waals surface area contributed by atoms with Crippen LogP contribution in [0.15, 0.2) is 42.3 Å². The number of benzene rings is 1. The van der Waals surface area contributed by atoms with E-state index in [1.807, 2.05) is 19.9 Å². The van der Waals surface area contributed by atoms with E-state index in [-0.39, 0.29) is 5.83 Å². The third-order valence-corrected chi connectivity index (χ3v) is 4.10. The molecule has 0 saturated heterocycles. The van der Waals surface area contributed by atoms with E-state index in [2.05, 4.69) is 32.6 Å². The zero-order valence-electron chi connectivity index (χ0n) is 14.3. The molecule has 0 atom stereocenters. The van der Waals surface area contributed by atoms with E-state index in [9.17, 15) is 4.39 Å². The minimum atomic E-state index is -0.0555. The first kappa shape index (κ1) is 16.7. The number of rotatable bonds is 6. The predicted octanol–water partition coefficient (Wildman–Crippen LogP) is 6.79. The van der Waals surface area contributed by atoms with Crippen LogP contribution in [0.4, 0.5) is 4.39 Å². The Kier molecular flexibility index (Phi) is 5.39. The minimum Gasteiger partial charge on any atom is -0.212 e. The number of hydrogen-bond donors (Lipinski definition) is 0. The molecule has 1 aromatic rings. The van der Waals surface area contributed by atoms with E-state index in [1.54, 1.807) is 6.08 Å². The molecule has 0 aliphatic heterocycles. The molecule has 22 heavy (non-hydrogen) atoms. The zero-order chi connectivity index (χ0) is 16.3. The number of allylic oxidation sites excluding steroid dienone is 5. The molecule has 1 heteroatoms. The number of halogens is 1. The summed E-state index contributed by atoms with van der Waals surface area (Å²) < 4.78 is 14.1. The highest BCUT2D eigenvalue weighted by Gasteiger charge is 2.24. The lowest BCUT2D eigenvalue weighted by Crippen LogP contribution is -1.96. The lowest BCUT2D eigenvalue weighted by molar-refractivity contribution is 0.584. The van der Waals surface area contributed by atoms with Crippen LogP contribution in [-0.2, 0) is 0 Å². The molecule has 0 spiro atoms. The fourth-order valence-electron chi connectivity index (χ4n) is 3.04. The van der Waals surface area contributed by atoms with E-state index < -0.39 is 0 Å². The second-order valence-corrected chi connectivity index (χ2v) is 6.59. The van der Waals surface area contributed by atoms with Gasteiger partial charge in [-0.3, -0.25) is 0 Å². The van der Waals surface area contributed by atoms with Crippen LogP contribution >= 0.6 is 0 Å². The highest BCUT2D eigenvalue weighted by Crippen LogP contribution is 2.42.